The molecule has 0 fully saturated rings. The van der Waals surface area contributed by atoms with Gasteiger partial charge in [0.15, 0.2) is 6.10 Å². The number of aliphatic hydroxyl groups is 2. The lowest BCUT2D eigenvalue weighted by molar-refractivity contribution is -0.0534. The second-order valence-electron chi connectivity index (χ2n) is 6.02. The minimum Gasteiger partial charge on any atom is -0.456 e. The van der Waals surface area contributed by atoms with E-state index in [1.807, 2.05) is 27.7 Å². The summed E-state index contributed by atoms with van der Waals surface area (Å²) in [7, 11) is 0. The van der Waals surface area contributed by atoms with Crippen LogP contribution in [0, 0.1) is 0 Å². The summed E-state index contributed by atoms with van der Waals surface area (Å²) in [6, 6.07) is 0.0248. The third-order valence-electron chi connectivity index (χ3n) is 4.04. The number of aliphatic hydroxyl groups excluding tert-OH is 2. The van der Waals surface area contributed by atoms with E-state index < -0.39 is 18.3 Å². The number of aromatic nitrogens is 2. The molecule has 0 radical (unpaired) electrons. The van der Waals surface area contributed by atoms with Crippen molar-refractivity contribution in [2.24, 2.45) is 0 Å². The number of hydrogen-bond acceptors (Lipinski definition) is 5. The Morgan fingerprint density at radius 2 is 2.10 bits per heavy atom. The van der Waals surface area contributed by atoms with E-state index in [1.165, 1.54) is 0 Å². The highest BCUT2D eigenvalue weighted by Gasteiger charge is 2.39. The molecule has 0 saturated heterocycles. The van der Waals surface area contributed by atoms with Gasteiger partial charge in [-0.25, -0.2) is 0 Å². The molecule has 6 nitrogen and oxygen atoms in total. The molecule has 2 N–H and O–H groups in total. The van der Waals surface area contributed by atoms with Gasteiger partial charge in [-0.1, -0.05) is 27.2 Å². The second-order valence-corrected chi connectivity index (χ2v) is 6.02. The van der Waals surface area contributed by atoms with E-state index in [0.717, 1.165) is 6.42 Å². The summed E-state index contributed by atoms with van der Waals surface area (Å²) in [6.07, 6.45) is 0.596. The van der Waals surface area contributed by atoms with Crippen molar-refractivity contribution in [3.63, 3.8) is 0 Å². The van der Waals surface area contributed by atoms with Crippen LogP contribution in [0.2, 0.25) is 0 Å². The van der Waals surface area contributed by atoms with Gasteiger partial charge >= 0.3 is 6.01 Å². The fourth-order valence-electron chi connectivity index (χ4n) is 2.66. The van der Waals surface area contributed by atoms with Crippen LogP contribution in [0.4, 0.5) is 0 Å². The Kier molecular flexibility index (Phi) is 4.68. The van der Waals surface area contributed by atoms with Crippen LogP contribution in [-0.4, -0.2) is 38.1 Å². The molecule has 0 bridgehead atoms. The molecule has 0 spiro atoms. The first-order valence-electron chi connectivity index (χ1n) is 7.52. The van der Waals surface area contributed by atoms with Crippen molar-refractivity contribution in [1.29, 1.82) is 0 Å². The largest absolute Gasteiger partial charge is 0.456 e. The second kappa shape index (κ2) is 6.15. The Morgan fingerprint density at radius 3 is 2.67 bits per heavy atom. The Hall–Kier alpha value is -1.40. The normalized spacial score (nSPS) is 23.8. The summed E-state index contributed by atoms with van der Waals surface area (Å²) >= 11 is 0. The van der Waals surface area contributed by atoms with Gasteiger partial charge in [0.25, 0.3) is 5.56 Å². The fraction of sp³-hybridized carbons (Fsp3) is 0.733. The highest BCUT2D eigenvalue weighted by atomic mass is 16.5. The van der Waals surface area contributed by atoms with Crippen molar-refractivity contribution < 1.29 is 14.9 Å². The zero-order chi connectivity index (χ0) is 15.7. The molecule has 4 atom stereocenters. The van der Waals surface area contributed by atoms with Crippen molar-refractivity contribution in [1.82, 2.24) is 9.55 Å². The summed E-state index contributed by atoms with van der Waals surface area (Å²) in [5, 5.41) is 20.2. The molecule has 0 aromatic carbocycles. The van der Waals surface area contributed by atoms with Gasteiger partial charge in [0.2, 0.25) is 0 Å². The predicted molar refractivity (Wildman–Crippen MR) is 78.6 cm³/mol. The van der Waals surface area contributed by atoms with E-state index in [4.69, 9.17) is 4.74 Å². The maximum Gasteiger partial charge on any atom is 0.300 e. The molecule has 1 aliphatic heterocycles. The van der Waals surface area contributed by atoms with Crippen LogP contribution in [0.25, 0.3) is 0 Å². The lowest BCUT2D eigenvalue weighted by atomic mass is 9.99. The van der Waals surface area contributed by atoms with Crippen molar-refractivity contribution in [2.45, 2.75) is 70.8 Å². The molecular weight excluding hydrogens is 272 g/mol. The Morgan fingerprint density at radius 1 is 1.43 bits per heavy atom. The highest BCUT2D eigenvalue weighted by Crippen LogP contribution is 2.32. The first-order chi connectivity index (χ1) is 9.86. The zero-order valence-electron chi connectivity index (χ0n) is 13.0. The van der Waals surface area contributed by atoms with E-state index in [2.05, 4.69) is 4.98 Å². The maximum atomic E-state index is 11.9. The third-order valence-corrected chi connectivity index (χ3v) is 4.04. The Balaban J connectivity index is 2.28. The fourth-order valence-corrected chi connectivity index (χ4v) is 2.66. The number of nitrogens with zero attached hydrogens (tertiary/aromatic N) is 2. The molecule has 2 rings (SSSR count). The molecule has 1 aliphatic rings. The van der Waals surface area contributed by atoms with Gasteiger partial charge < -0.3 is 14.9 Å². The van der Waals surface area contributed by atoms with E-state index in [-0.39, 0.29) is 23.5 Å². The SMILES string of the molecule is CCCC(O)C(O)C1Oc2nc(=O)c(C(C)C)cn2C1C. The van der Waals surface area contributed by atoms with Crippen LogP contribution in [0.5, 0.6) is 6.01 Å². The first-order valence-corrected chi connectivity index (χ1v) is 7.52. The van der Waals surface area contributed by atoms with Gasteiger partial charge in [-0.15, -0.1) is 0 Å². The minimum absolute atomic E-state index is 0.0738. The van der Waals surface area contributed by atoms with Crippen molar-refractivity contribution in [3.05, 3.63) is 22.1 Å². The standard InChI is InChI=1S/C15H24N2O4/c1-5-6-11(18)12(19)13-9(4)17-7-10(8(2)3)14(20)16-15(17)21-13/h7-9,11-13,18-19H,5-6H2,1-4H3. The van der Waals surface area contributed by atoms with Gasteiger partial charge in [-0.2, -0.15) is 4.98 Å². The first kappa shape index (κ1) is 16.0. The minimum atomic E-state index is -1.00. The number of hydrogen-bond donors (Lipinski definition) is 2. The molecular formula is C15H24N2O4. The van der Waals surface area contributed by atoms with Gasteiger partial charge in [0.05, 0.1) is 12.1 Å². The zero-order valence-corrected chi connectivity index (χ0v) is 13.0. The summed E-state index contributed by atoms with van der Waals surface area (Å²) in [4.78, 5) is 15.9. The number of ether oxygens (including phenoxy) is 1. The smallest absolute Gasteiger partial charge is 0.300 e. The lowest BCUT2D eigenvalue weighted by Gasteiger charge is -2.25. The van der Waals surface area contributed by atoms with Crippen LogP contribution in [0.3, 0.4) is 0 Å². The Labute approximate surface area is 124 Å². The van der Waals surface area contributed by atoms with Crippen LogP contribution < -0.4 is 10.3 Å². The van der Waals surface area contributed by atoms with Crippen LogP contribution in [-0.2, 0) is 0 Å². The van der Waals surface area contributed by atoms with Crippen molar-refractivity contribution >= 4 is 0 Å². The van der Waals surface area contributed by atoms with Crippen LogP contribution in [0.1, 0.15) is 58.1 Å². The summed E-state index contributed by atoms with van der Waals surface area (Å²) < 4.78 is 7.37. The monoisotopic (exact) mass is 296 g/mol. The quantitative estimate of drug-likeness (QED) is 0.853. The van der Waals surface area contributed by atoms with Crippen molar-refractivity contribution in [3.8, 4) is 6.01 Å². The van der Waals surface area contributed by atoms with E-state index in [1.54, 1.807) is 10.8 Å². The molecule has 4 unspecified atom stereocenters. The predicted octanol–water partition coefficient (Wildman–Crippen LogP) is 1.21. The van der Waals surface area contributed by atoms with Gasteiger partial charge in [0, 0.05) is 11.8 Å². The van der Waals surface area contributed by atoms with Crippen LogP contribution >= 0.6 is 0 Å². The third kappa shape index (κ3) is 2.96. The molecule has 1 aromatic rings. The topological polar surface area (TPSA) is 84.6 Å². The Bertz CT molecular complexity index is 555. The van der Waals surface area contributed by atoms with E-state index in [9.17, 15) is 15.0 Å². The van der Waals surface area contributed by atoms with Gasteiger partial charge in [0.1, 0.15) is 6.10 Å². The molecule has 2 heterocycles. The number of rotatable bonds is 5. The maximum absolute atomic E-state index is 11.9. The average Bonchev–Trinajstić information content (AvgIpc) is 2.73. The molecule has 21 heavy (non-hydrogen) atoms. The molecule has 6 heteroatoms. The summed E-state index contributed by atoms with van der Waals surface area (Å²) in [5.41, 5.74) is 0.325. The summed E-state index contributed by atoms with van der Waals surface area (Å²) in [6.45, 7) is 7.70. The molecule has 0 aliphatic carbocycles. The highest BCUT2D eigenvalue weighted by molar-refractivity contribution is 5.18. The van der Waals surface area contributed by atoms with E-state index >= 15 is 0 Å². The van der Waals surface area contributed by atoms with E-state index in [0.29, 0.717) is 12.0 Å². The lowest BCUT2D eigenvalue weighted by Crippen LogP contribution is -2.42. The number of fused-ring (bicyclic) bond motifs is 1. The molecule has 0 amide bonds. The molecule has 1 aromatic heterocycles. The van der Waals surface area contributed by atoms with Crippen LogP contribution in [0.15, 0.2) is 11.0 Å². The van der Waals surface area contributed by atoms with Crippen molar-refractivity contribution in [2.75, 3.05) is 0 Å². The van der Waals surface area contributed by atoms with Gasteiger partial charge in [-0.05, 0) is 19.3 Å². The summed E-state index contributed by atoms with van der Waals surface area (Å²) in [5.74, 6) is 0.0738. The van der Waals surface area contributed by atoms with Gasteiger partial charge in [-0.3, -0.25) is 9.36 Å². The molecule has 0 saturated carbocycles. The molecule has 118 valence electrons. The average molecular weight is 296 g/mol.